The number of rotatable bonds is 6. The minimum absolute atomic E-state index is 0.228. The highest BCUT2D eigenvalue weighted by Crippen LogP contribution is 2.18. The molecule has 0 bridgehead atoms. The van der Waals surface area contributed by atoms with E-state index in [9.17, 15) is 9.18 Å². The molecule has 110 valence electrons. The highest BCUT2D eigenvalue weighted by atomic mass is 79.9. The lowest BCUT2D eigenvalue weighted by Gasteiger charge is -2.08. The van der Waals surface area contributed by atoms with Gasteiger partial charge in [0.25, 0.3) is 0 Å². The van der Waals surface area contributed by atoms with Crippen LogP contribution in [0.25, 0.3) is 0 Å². The molecule has 0 heterocycles. The molecule has 3 nitrogen and oxygen atoms in total. The molecule has 0 atom stereocenters. The van der Waals surface area contributed by atoms with Gasteiger partial charge >= 0.3 is 5.97 Å². The Morgan fingerprint density at radius 1 is 1.19 bits per heavy atom. The van der Waals surface area contributed by atoms with E-state index < -0.39 is 5.97 Å². The first-order valence-electron chi connectivity index (χ1n) is 6.53. The number of aromatic carboxylic acids is 1. The minimum atomic E-state index is -0.938. The zero-order valence-corrected chi connectivity index (χ0v) is 12.9. The summed E-state index contributed by atoms with van der Waals surface area (Å²) in [6, 6.07) is 11.4. The van der Waals surface area contributed by atoms with Crippen LogP contribution in [0.3, 0.4) is 0 Å². The van der Waals surface area contributed by atoms with E-state index in [4.69, 9.17) is 5.11 Å². The average molecular weight is 352 g/mol. The van der Waals surface area contributed by atoms with Gasteiger partial charge in [-0.25, -0.2) is 9.18 Å². The van der Waals surface area contributed by atoms with Crippen molar-refractivity contribution in [2.24, 2.45) is 0 Å². The molecule has 0 saturated carbocycles. The van der Waals surface area contributed by atoms with E-state index in [1.54, 1.807) is 30.3 Å². The molecule has 0 aliphatic carbocycles. The number of benzene rings is 2. The molecule has 0 radical (unpaired) electrons. The van der Waals surface area contributed by atoms with Gasteiger partial charge in [0.05, 0.1) is 5.56 Å². The zero-order chi connectivity index (χ0) is 15.2. The van der Waals surface area contributed by atoms with Gasteiger partial charge in [0.1, 0.15) is 5.82 Å². The Morgan fingerprint density at radius 3 is 2.52 bits per heavy atom. The summed E-state index contributed by atoms with van der Waals surface area (Å²) in [6.45, 7) is 1.40. The SMILES string of the molecule is O=C(O)c1ccc(CNCCc2ccc(F)cc2)c(Br)c1. The maximum atomic E-state index is 12.8. The van der Waals surface area contributed by atoms with Crippen molar-refractivity contribution in [3.63, 3.8) is 0 Å². The van der Waals surface area contributed by atoms with Crippen molar-refractivity contribution in [2.75, 3.05) is 6.54 Å². The fraction of sp³-hybridized carbons (Fsp3) is 0.188. The normalized spacial score (nSPS) is 10.6. The molecule has 2 N–H and O–H groups in total. The van der Waals surface area contributed by atoms with Crippen LogP contribution >= 0.6 is 15.9 Å². The van der Waals surface area contributed by atoms with Gasteiger partial charge in [0.15, 0.2) is 0 Å². The van der Waals surface area contributed by atoms with Gasteiger partial charge in [0, 0.05) is 11.0 Å². The van der Waals surface area contributed by atoms with Crippen LogP contribution in [0.4, 0.5) is 4.39 Å². The smallest absolute Gasteiger partial charge is 0.335 e. The van der Waals surface area contributed by atoms with Crippen molar-refractivity contribution in [1.82, 2.24) is 5.32 Å². The molecule has 0 aliphatic rings. The van der Waals surface area contributed by atoms with Crippen LogP contribution in [0.2, 0.25) is 0 Å². The van der Waals surface area contributed by atoms with Crippen molar-refractivity contribution in [3.8, 4) is 0 Å². The Kier molecular flexibility index (Phi) is 5.47. The third-order valence-corrected chi connectivity index (χ3v) is 3.86. The molecule has 21 heavy (non-hydrogen) atoms. The summed E-state index contributed by atoms with van der Waals surface area (Å²) in [4.78, 5) is 10.8. The molecule has 0 amide bonds. The Hall–Kier alpha value is -1.72. The largest absolute Gasteiger partial charge is 0.478 e. The topological polar surface area (TPSA) is 49.3 Å². The molecule has 0 spiro atoms. The van der Waals surface area contributed by atoms with E-state index in [1.165, 1.54) is 12.1 Å². The fourth-order valence-corrected chi connectivity index (χ4v) is 2.45. The minimum Gasteiger partial charge on any atom is -0.478 e. The van der Waals surface area contributed by atoms with Gasteiger partial charge in [-0.05, 0) is 48.4 Å². The molecule has 2 aromatic rings. The van der Waals surface area contributed by atoms with Crippen LogP contribution in [0.15, 0.2) is 46.9 Å². The fourth-order valence-electron chi connectivity index (χ4n) is 1.93. The molecule has 0 aliphatic heterocycles. The summed E-state index contributed by atoms with van der Waals surface area (Å²) in [6.07, 6.45) is 0.811. The van der Waals surface area contributed by atoms with Crippen molar-refractivity contribution in [1.29, 1.82) is 0 Å². The molecular formula is C16H15BrFNO2. The van der Waals surface area contributed by atoms with E-state index in [-0.39, 0.29) is 11.4 Å². The lowest BCUT2D eigenvalue weighted by Crippen LogP contribution is -2.17. The summed E-state index contributed by atoms with van der Waals surface area (Å²) in [5.41, 5.74) is 2.33. The predicted molar refractivity (Wildman–Crippen MR) is 82.9 cm³/mol. The summed E-state index contributed by atoms with van der Waals surface area (Å²) in [5.74, 6) is -1.17. The lowest BCUT2D eigenvalue weighted by atomic mass is 10.1. The van der Waals surface area contributed by atoms with Crippen LogP contribution in [0.5, 0.6) is 0 Å². The van der Waals surface area contributed by atoms with E-state index in [0.29, 0.717) is 6.54 Å². The highest BCUT2D eigenvalue weighted by molar-refractivity contribution is 9.10. The van der Waals surface area contributed by atoms with Crippen LogP contribution in [-0.2, 0) is 13.0 Å². The zero-order valence-electron chi connectivity index (χ0n) is 11.3. The average Bonchev–Trinajstić information content (AvgIpc) is 2.46. The number of halogens is 2. The van der Waals surface area contributed by atoms with Crippen molar-refractivity contribution in [2.45, 2.75) is 13.0 Å². The van der Waals surface area contributed by atoms with Crippen LogP contribution in [0.1, 0.15) is 21.5 Å². The predicted octanol–water partition coefficient (Wildman–Crippen LogP) is 3.62. The third-order valence-electron chi connectivity index (χ3n) is 3.12. The summed E-state index contributed by atoms with van der Waals surface area (Å²) >= 11 is 3.38. The van der Waals surface area contributed by atoms with E-state index in [0.717, 1.165) is 28.6 Å². The molecule has 5 heteroatoms. The third kappa shape index (κ3) is 4.65. The molecule has 0 fully saturated rings. The number of carbonyl (C=O) groups is 1. The molecule has 0 saturated heterocycles. The van der Waals surface area contributed by atoms with Crippen LogP contribution in [-0.4, -0.2) is 17.6 Å². The van der Waals surface area contributed by atoms with E-state index in [1.807, 2.05) is 0 Å². The van der Waals surface area contributed by atoms with Crippen molar-refractivity contribution >= 4 is 21.9 Å². The summed E-state index contributed by atoms with van der Waals surface area (Å²) in [7, 11) is 0. The standard InChI is InChI=1S/C16H15BrFNO2/c17-15-9-12(16(20)21)3-4-13(15)10-19-8-7-11-1-5-14(18)6-2-11/h1-6,9,19H,7-8,10H2,(H,20,21). The first kappa shape index (κ1) is 15.7. The van der Waals surface area contributed by atoms with Gasteiger partial charge in [-0.1, -0.05) is 34.1 Å². The van der Waals surface area contributed by atoms with Crippen molar-refractivity contribution < 1.29 is 14.3 Å². The van der Waals surface area contributed by atoms with Gasteiger partial charge in [0.2, 0.25) is 0 Å². The molecule has 0 aromatic heterocycles. The first-order chi connectivity index (χ1) is 10.1. The number of hydrogen-bond donors (Lipinski definition) is 2. The van der Waals surface area contributed by atoms with Gasteiger partial charge in [-0.15, -0.1) is 0 Å². The second-order valence-corrected chi connectivity index (χ2v) is 5.52. The maximum Gasteiger partial charge on any atom is 0.335 e. The molecule has 2 aromatic carbocycles. The summed E-state index contributed by atoms with van der Waals surface area (Å²) < 4.78 is 13.5. The second kappa shape index (κ2) is 7.33. The van der Waals surface area contributed by atoms with Gasteiger partial charge in [-0.2, -0.15) is 0 Å². The van der Waals surface area contributed by atoms with E-state index >= 15 is 0 Å². The van der Waals surface area contributed by atoms with Crippen molar-refractivity contribution in [3.05, 3.63) is 69.4 Å². The Balaban J connectivity index is 1.83. The number of carboxylic acid groups (broad SMARTS) is 1. The lowest BCUT2D eigenvalue weighted by molar-refractivity contribution is 0.0697. The Labute approximate surface area is 130 Å². The number of carboxylic acids is 1. The Bertz CT molecular complexity index is 629. The Morgan fingerprint density at radius 2 is 1.90 bits per heavy atom. The molecule has 0 unspecified atom stereocenters. The summed E-state index contributed by atoms with van der Waals surface area (Å²) in [5, 5.41) is 12.2. The first-order valence-corrected chi connectivity index (χ1v) is 7.32. The van der Waals surface area contributed by atoms with Crippen LogP contribution in [0, 0.1) is 5.82 Å². The van der Waals surface area contributed by atoms with E-state index in [2.05, 4.69) is 21.2 Å². The molecule has 2 rings (SSSR count). The monoisotopic (exact) mass is 351 g/mol. The van der Waals surface area contributed by atoms with Crippen LogP contribution < -0.4 is 5.32 Å². The maximum absolute atomic E-state index is 12.8. The highest BCUT2D eigenvalue weighted by Gasteiger charge is 2.06. The quantitative estimate of drug-likeness (QED) is 0.781. The number of hydrogen-bond acceptors (Lipinski definition) is 2. The molecular weight excluding hydrogens is 337 g/mol. The number of nitrogens with one attached hydrogen (secondary N) is 1. The van der Waals surface area contributed by atoms with Gasteiger partial charge < -0.3 is 10.4 Å². The van der Waals surface area contributed by atoms with Gasteiger partial charge in [-0.3, -0.25) is 0 Å². The second-order valence-electron chi connectivity index (χ2n) is 4.66.